The molecule has 0 aliphatic heterocycles. The quantitative estimate of drug-likeness (QED) is 0.726. The molecule has 8 heteroatoms. The summed E-state index contributed by atoms with van der Waals surface area (Å²) in [5, 5.41) is 0.880. The lowest BCUT2D eigenvalue weighted by molar-refractivity contribution is 0.219. The third-order valence-corrected chi connectivity index (χ3v) is 3.24. The monoisotopic (exact) mass is 322 g/mol. The maximum atomic E-state index is 5.87. The molecule has 0 amide bonds. The first-order valence-electron chi connectivity index (χ1n) is 6.22. The number of aromatic nitrogens is 4. The number of fused-ring (bicyclic) bond motifs is 1. The van der Waals surface area contributed by atoms with Crippen LogP contribution in [0.1, 0.15) is 13.8 Å². The van der Waals surface area contributed by atoms with Crippen molar-refractivity contribution in [1.82, 2.24) is 19.9 Å². The predicted molar refractivity (Wildman–Crippen MR) is 78.7 cm³/mol. The zero-order chi connectivity index (χ0) is 14.8. The number of hydrogen-bond donors (Lipinski definition) is 0. The van der Waals surface area contributed by atoms with Crippen molar-refractivity contribution in [3.05, 3.63) is 29.5 Å². The van der Waals surface area contributed by atoms with Crippen molar-refractivity contribution in [2.75, 3.05) is 0 Å². The number of rotatable bonds is 4. The van der Waals surface area contributed by atoms with E-state index in [9.17, 15) is 0 Å². The number of para-hydroxylation sites is 2. The molecular formula is C13H11ClN4O2S. The molecule has 0 N–H and O–H groups in total. The lowest BCUT2D eigenvalue weighted by atomic mass is 10.3. The van der Waals surface area contributed by atoms with Gasteiger partial charge in [-0.15, -0.1) is 0 Å². The highest BCUT2D eigenvalue weighted by Gasteiger charge is 2.13. The first-order valence-corrected chi connectivity index (χ1v) is 7.41. The maximum absolute atomic E-state index is 5.87. The average Bonchev–Trinajstić information content (AvgIpc) is 2.78. The standard InChI is InChI=1S/C13H11ClN4O2S/c1-7(2)19-11-16-10(14)17-12(18-11)21-13-15-8-5-3-4-6-9(8)20-13/h3-7H,1-2H3. The Morgan fingerprint density at radius 3 is 2.71 bits per heavy atom. The molecule has 6 nitrogen and oxygen atoms in total. The molecule has 0 saturated carbocycles. The topological polar surface area (TPSA) is 73.9 Å². The Kier molecular flexibility index (Phi) is 3.94. The molecule has 0 saturated heterocycles. The Morgan fingerprint density at radius 1 is 1.14 bits per heavy atom. The minimum Gasteiger partial charge on any atom is -0.461 e. The van der Waals surface area contributed by atoms with Gasteiger partial charge >= 0.3 is 6.01 Å². The third-order valence-electron chi connectivity index (χ3n) is 2.36. The van der Waals surface area contributed by atoms with Gasteiger partial charge in [-0.3, -0.25) is 0 Å². The van der Waals surface area contributed by atoms with E-state index < -0.39 is 0 Å². The van der Waals surface area contributed by atoms with Gasteiger partial charge in [0.1, 0.15) is 5.52 Å². The van der Waals surface area contributed by atoms with Gasteiger partial charge in [0.25, 0.3) is 5.22 Å². The van der Waals surface area contributed by atoms with E-state index >= 15 is 0 Å². The summed E-state index contributed by atoms with van der Waals surface area (Å²) in [4.78, 5) is 16.5. The SMILES string of the molecule is CC(C)Oc1nc(Cl)nc(Sc2nc3ccccc3o2)n1. The van der Waals surface area contributed by atoms with E-state index in [-0.39, 0.29) is 17.4 Å². The molecule has 0 aliphatic rings. The summed E-state index contributed by atoms with van der Waals surface area (Å²) in [5.41, 5.74) is 1.48. The summed E-state index contributed by atoms with van der Waals surface area (Å²) >= 11 is 7.04. The van der Waals surface area contributed by atoms with E-state index in [1.165, 1.54) is 0 Å². The summed E-state index contributed by atoms with van der Waals surface area (Å²) in [6, 6.07) is 7.68. The minimum atomic E-state index is -0.0503. The van der Waals surface area contributed by atoms with Crippen LogP contribution in [0.5, 0.6) is 6.01 Å². The number of nitrogens with zero attached hydrogens (tertiary/aromatic N) is 4. The molecule has 0 fully saturated rings. The normalized spacial score (nSPS) is 11.2. The van der Waals surface area contributed by atoms with E-state index in [0.29, 0.717) is 16.0 Å². The number of hydrogen-bond acceptors (Lipinski definition) is 7. The van der Waals surface area contributed by atoms with Crippen LogP contribution in [-0.4, -0.2) is 26.0 Å². The number of benzene rings is 1. The Bertz CT molecular complexity index is 745. The maximum Gasteiger partial charge on any atom is 0.322 e. The molecule has 0 atom stereocenters. The Labute approximate surface area is 129 Å². The molecule has 0 spiro atoms. The Balaban J connectivity index is 1.88. The van der Waals surface area contributed by atoms with Crippen LogP contribution in [0.25, 0.3) is 11.1 Å². The lowest BCUT2D eigenvalue weighted by Gasteiger charge is -2.07. The Morgan fingerprint density at radius 2 is 1.95 bits per heavy atom. The van der Waals surface area contributed by atoms with Gasteiger partial charge in [0, 0.05) is 11.8 Å². The van der Waals surface area contributed by atoms with Crippen molar-refractivity contribution in [3.8, 4) is 6.01 Å². The number of ether oxygens (including phenoxy) is 1. The fraction of sp³-hybridized carbons (Fsp3) is 0.231. The average molecular weight is 323 g/mol. The summed E-state index contributed by atoms with van der Waals surface area (Å²) < 4.78 is 11.0. The molecule has 3 rings (SSSR count). The smallest absolute Gasteiger partial charge is 0.322 e. The van der Waals surface area contributed by atoms with Crippen LogP contribution in [0, 0.1) is 0 Å². The van der Waals surface area contributed by atoms with Crippen LogP contribution >= 0.6 is 23.4 Å². The summed E-state index contributed by atoms with van der Waals surface area (Å²) in [6.45, 7) is 3.76. The van der Waals surface area contributed by atoms with Crippen molar-refractivity contribution in [2.45, 2.75) is 30.3 Å². The van der Waals surface area contributed by atoms with Crippen molar-refractivity contribution >= 4 is 34.5 Å². The summed E-state index contributed by atoms with van der Waals surface area (Å²) in [7, 11) is 0. The van der Waals surface area contributed by atoms with Crippen LogP contribution in [0.3, 0.4) is 0 Å². The second-order valence-electron chi connectivity index (χ2n) is 4.39. The molecule has 2 aromatic heterocycles. The van der Waals surface area contributed by atoms with Gasteiger partial charge in [0.15, 0.2) is 5.58 Å². The van der Waals surface area contributed by atoms with Crippen LogP contribution < -0.4 is 4.74 Å². The number of halogens is 1. The highest BCUT2D eigenvalue weighted by molar-refractivity contribution is 7.98. The molecule has 0 unspecified atom stereocenters. The Hall–Kier alpha value is -1.86. The molecule has 0 radical (unpaired) electrons. The minimum absolute atomic E-state index is 0.0503. The van der Waals surface area contributed by atoms with Crippen LogP contribution in [0.2, 0.25) is 5.28 Å². The molecule has 0 aliphatic carbocycles. The van der Waals surface area contributed by atoms with Crippen LogP contribution in [0.4, 0.5) is 0 Å². The highest BCUT2D eigenvalue weighted by Crippen LogP contribution is 2.28. The fourth-order valence-corrected chi connectivity index (χ4v) is 2.49. The van der Waals surface area contributed by atoms with Gasteiger partial charge in [-0.1, -0.05) is 12.1 Å². The van der Waals surface area contributed by atoms with E-state index in [1.54, 1.807) is 0 Å². The third kappa shape index (κ3) is 3.43. The molecule has 0 bridgehead atoms. The molecule has 3 aromatic rings. The lowest BCUT2D eigenvalue weighted by Crippen LogP contribution is -2.09. The van der Waals surface area contributed by atoms with Gasteiger partial charge < -0.3 is 9.15 Å². The van der Waals surface area contributed by atoms with Crippen molar-refractivity contribution in [2.24, 2.45) is 0 Å². The summed E-state index contributed by atoms with van der Waals surface area (Å²) in [5.74, 6) is 0. The fourth-order valence-electron chi connectivity index (χ4n) is 1.60. The van der Waals surface area contributed by atoms with Gasteiger partial charge in [-0.25, -0.2) is 4.98 Å². The van der Waals surface area contributed by atoms with E-state index in [4.69, 9.17) is 20.8 Å². The van der Waals surface area contributed by atoms with Crippen LogP contribution in [-0.2, 0) is 0 Å². The van der Waals surface area contributed by atoms with Crippen molar-refractivity contribution < 1.29 is 9.15 Å². The zero-order valence-corrected chi connectivity index (χ0v) is 12.9. The van der Waals surface area contributed by atoms with Gasteiger partial charge in [-0.2, -0.15) is 15.0 Å². The first-order chi connectivity index (χ1) is 10.1. The van der Waals surface area contributed by atoms with Gasteiger partial charge in [0.05, 0.1) is 6.10 Å². The molecule has 1 aromatic carbocycles. The van der Waals surface area contributed by atoms with E-state index in [2.05, 4.69) is 19.9 Å². The van der Waals surface area contributed by atoms with Crippen LogP contribution in [0.15, 0.2) is 39.1 Å². The van der Waals surface area contributed by atoms with Crippen molar-refractivity contribution in [3.63, 3.8) is 0 Å². The van der Waals surface area contributed by atoms with Gasteiger partial charge in [0.2, 0.25) is 10.4 Å². The molecule has 21 heavy (non-hydrogen) atoms. The predicted octanol–water partition coefficient (Wildman–Crippen LogP) is 3.60. The van der Waals surface area contributed by atoms with Crippen molar-refractivity contribution in [1.29, 1.82) is 0 Å². The number of oxazole rings is 1. The van der Waals surface area contributed by atoms with E-state index in [1.807, 2.05) is 38.1 Å². The summed E-state index contributed by atoms with van der Waals surface area (Å²) in [6.07, 6.45) is -0.0503. The van der Waals surface area contributed by atoms with E-state index in [0.717, 1.165) is 17.3 Å². The second-order valence-corrected chi connectivity index (χ2v) is 5.64. The molecule has 108 valence electrons. The molecule has 2 heterocycles. The molecular weight excluding hydrogens is 312 g/mol. The highest BCUT2D eigenvalue weighted by atomic mass is 35.5. The van der Waals surface area contributed by atoms with Gasteiger partial charge in [-0.05, 0) is 37.6 Å². The second kappa shape index (κ2) is 5.87. The first kappa shape index (κ1) is 14.1. The zero-order valence-electron chi connectivity index (χ0n) is 11.3. The largest absolute Gasteiger partial charge is 0.461 e.